The molecule has 132 valence electrons. The molecule has 3 aromatic rings. The molecule has 3 rings (SSSR count). The van der Waals surface area contributed by atoms with Crippen molar-refractivity contribution in [2.75, 3.05) is 12.4 Å². The molecule has 2 aromatic heterocycles. The second-order valence-electron chi connectivity index (χ2n) is 5.61. The van der Waals surface area contributed by atoms with Gasteiger partial charge in [0.1, 0.15) is 18.4 Å². The molecule has 0 fully saturated rings. The highest BCUT2D eigenvalue weighted by molar-refractivity contribution is 7.91. The maximum Gasteiger partial charge on any atom is 0.237 e. The quantitative estimate of drug-likeness (QED) is 0.644. The molecule has 7 nitrogen and oxygen atoms in total. The number of imidazole rings is 1. The Labute approximate surface area is 146 Å². The molecule has 0 bridgehead atoms. The van der Waals surface area contributed by atoms with E-state index in [9.17, 15) is 8.42 Å². The average molecular weight is 360 g/mol. The van der Waals surface area contributed by atoms with Gasteiger partial charge in [0.2, 0.25) is 5.78 Å². The Kier molecular flexibility index (Phi) is 4.98. The Morgan fingerprint density at radius 1 is 1.24 bits per heavy atom. The van der Waals surface area contributed by atoms with Crippen LogP contribution in [0.1, 0.15) is 26.7 Å². The summed E-state index contributed by atoms with van der Waals surface area (Å²) in [6.07, 6.45) is 6.30. The van der Waals surface area contributed by atoms with E-state index in [1.54, 1.807) is 35.1 Å². The van der Waals surface area contributed by atoms with E-state index in [2.05, 4.69) is 15.0 Å². The number of hydrogen-bond acceptors (Lipinski definition) is 6. The fraction of sp³-hybridized carbons (Fsp3) is 0.353. The number of ether oxygens (including phenoxy) is 1. The molecule has 8 heteroatoms. The van der Waals surface area contributed by atoms with Gasteiger partial charge in [-0.3, -0.25) is 4.40 Å². The van der Waals surface area contributed by atoms with E-state index >= 15 is 0 Å². The van der Waals surface area contributed by atoms with E-state index in [1.807, 2.05) is 13.8 Å². The van der Waals surface area contributed by atoms with Crippen LogP contribution in [-0.4, -0.2) is 40.1 Å². The summed E-state index contributed by atoms with van der Waals surface area (Å²) in [5, 5.41) is 0. The van der Waals surface area contributed by atoms with Gasteiger partial charge in [-0.1, -0.05) is 13.3 Å². The number of sulfone groups is 1. The summed E-state index contributed by atoms with van der Waals surface area (Å²) in [5.74, 6) is 1.15. The molecule has 2 heterocycles. The molecule has 0 aliphatic rings. The van der Waals surface area contributed by atoms with Crippen molar-refractivity contribution in [1.82, 2.24) is 19.4 Å². The van der Waals surface area contributed by atoms with Gasteiger partial charge in [-0.15, -0.1) is 0 Å². The van der Waals surface area contributed by atoms with Crippen LogP contribution >= 0.6 is 0 Å². The van der Waals surface area contributed by atoms with Crippen LogP contribution in [0.2, 0.25) is 0 Å². The van der Waals surface area contributed by atoms with Crippen LogP contribution in [0.25, 0.3) is 17.0 Å². The van der Waals surface area contributed by atoms with Gasteiger partial charge in [-0.2, -0.15) is 0 Å². The zero-order valence-corrected chi connectivity index (χ0v) is 15.0. The van der Waals surface area contributed by atoms with E-state index in [1.165, 1.54) is 6.33 Å². The molecule has 0 radical (unpaired) electrons. The molecular formula is C17H20N4O3S. The highest BCUT2D eigenvalue weighted by Gasteiger charge is 2.18. The highest BCUT2D eigenvalue weighted by atomic mass is 32.2. The van der Waals surface area contributed by atoms with Gasteiger partial charge in [-0.05, 0) is 31.5 Å². The van der Waals surface area contributed by atoms with E-state index in [0.717, 1.165) is 12.0 Å². The van der Waals surface area contributed by atoms with Crippen molar-refractivity contribution in [3.8, 4) is 17.0 Å². The van der Waals surface area contributed by atoms with Crippen LogP contribution in [0.5, 0.6) is 5.75 Å². The van der Waals surface area contributed by atoms with E-state index in [0.29, 0.717) is 30.2 Å². The molecule has 0 saturated carbocycles. The molecule has 1 aromatic carbocycles. The van der Waals surface area contributed by atoms with Crippen molar-refractivity contribution >= 4 is 15.6 Å². The zero-order valence-electron chi connectivity index (χ0n) is 14.2. The Morgan fingerprint density at radius 2 is 2.08 bits per heavy atom. The number of unbranched alkanes of at least 4 members (excludes halogenated alkanes) is 1. The minimum Gasteiger partial charge on any atom is -0.493 e. The first kappa shape index (κ1) is 17.3. The van der Waals surface area contributed by atoms with E-state index in [-0.39, 0.29) is 10.6 Å². The fourth-order valence-electron chi connectivity index (χ4n) is 2.52. The van der Waals surface area contributed by atoms with Crippen LogP contribution in [0, 0.1) is 0 Å². The zero-order chi connectivity index (χ0) is 17.9. The molecule has 25 heavy (non-hydrogen) atoms. The maximum atomic E-state index is 12.4. The number of hydrogen-bond donors (Lipinski definition) is 0. The first-order chi connectivity index (χ1) is 12.0. The number of fused-ring (bicyclic) bond motifs is 1. The van der Waals surface area contributed by atoms with Gasteiger partial charge in [0.15, 0.2) is 9.84 Å². The lowest BCUT2D eigenvalue weighted by Gasteiger charge is -2.11. The van der Waals surface area contributed by atoms with Crippen LogP contribution in [0.3, 0.4) is 0 Å². The average Bonchev–Trinajstić information content (AvgIpc) is 3.04. The smallest absolute Gasteiger partial charge is 0.237 e. The van der Waals surface area contributed by atoms with Crippen molar-refractivity contribution in [3.63, 3.8) is 0 Å². The summed E-state index contributed by atoms with van der Waals surface area (Å²) < 4.78 is 32.3. The van der Waals surface area contributed by atoms with Gasteiger partial charge in [0, 0.05) is 11.8 Å². The third kappa shape index (κ3) is 3.63. The Bertz CT molecular complexity index is 949. The largest absolute Gasteiger partial charge is 0.493 e. The normalized spacial score (nSPS) is 11.8. The van der Waals surface area contributed by atoms with Gasteiger partial charge in [0.05, 0.1) is 22.9 Å². The summed E-state index contributed by atoms with van der Waals surface area (Å²) in [6, 6.07) is 4.93. The van der Waals surface area contributed by atoms with Crippen molar-refractivity contribution < 1.29 is 13.2 Å². The second-order valence-corrected chi connectivity index (χ2v) is 7.72. The molecule has 0 N–H and O–H groups in total. The molecule has 0 aliphatic heterocycles. The lowest BCUT2D eigenvalue weighted by atomic mass is 10.1. The molecule has 0 spiro atoms. The van der Waals surface area contributed by atoms with Gasteiger partial charge >= 0.3 is 0 Å². The molecule has 0 atom stereocenters. The molecular weight excluding hydrogens is 340 g/mol. The predicted molar refractivity (Wildman–Crippen MR) is 94.3 cm³/mol. The topological polar surface area (TPSA) is 86.5 Å². The fourth-order valence-corrected chi connectivity index (χ4v) is 3.98. The van der Waals surface area contributed by atoms with Crippen LogP contribution in [0.15, 0.2) is 41.9 Å². The third-order valence-corrected chi connectivity index (χ3v) is 5.60. The van der Waals surface area contributed by atoms with Gasteiger partial charge < -0.3 is 4.74 Å². The van der Waals surface area contributed by atoms with Crippen molar-refractivity contribution in [3.05, 3.63) is 37.1 Å². The summed E-state index contributed by atoms with van der Waals surface area (Å²) >= 11 is 0. The Hall–Kier alpha value is -2.48. The number of aromatic nitrogens is 4. The van der Waals surface area contributed by atoms with Crippen LogP contribution < -0.4 is 4.74 Å². The van der Waals surface area contributed by atoms with Crippen LogP contribution in [0.4, 0.5) is 0 Å². The van der Waals surface area contributed by atoms with Gasteiger partial charge in [-0.25, -0.2) is 23.4 Å². The van der Waals surface area contributed by atoms with Crippen molar-refractivity contribution in [2.24, 2.45) is 0 Å². The number of rotatable bonds is 7. The lowest BCUT2D eigenvalue weighted by molar-refractivity contribution is 0.340. The monoisotopic (exact) mass is 360 g/mol. The SMILES string of the molecule is CCCCS(=O)(=O)c1ccc(-c2cn3cncnc3n2)c(OCC)c1. The second kappa shape index (κ2) is 7.18. The van der Waals surface area contributed by atoms with Crippen LogP contribution in [-0.2, 0) is 9.84 Å². The lowest BCUT2D eigenvalue weighted by Crippen LogP contribution is -2.07. The van der Waals surface area contributed by atoms with E-state index in [4.69, 9.17) is 4.74 Å². The first-order valence-electron chi connectivity index (χ1n) is 8.20. The summed E-state index contributed by atoms with van der Waals surface area (Å²) in [6.45, 7) is 4.26. The summed E-state index contributed by atoms with van der Waals surface area (Å²) in [7, 11) is -3.31. The standard InChI is InChI=1S/C17H20N4O3S/c1-3-5-8-25(22,23)13-6-7-14(16(9-13)24-4-2)15-10-21-12-18-11-19-17(21)20-15/h6-7,9-12H,3-5,8H2,1-2H3. The molecule has 0 amide bonds. The first-order valence-corrected chi connectivity index (χ1v) is 9.85. The molecule has 0 aliphatic carbocycles. The van der Waals surface area contributed by atoms with E-state index < -0.39 is 9.84 Å². The summed E-state index contributed by atoms with van der Waals surface area (Å²) in [5.41, 5.74) is 1.38. The van der Waals surface area contributed by atoms with Crippen molar-refractivity contribution in [2.45, 2.75) is 31.6 Å². The minimum absolute atomic E-state index is 0.137. The van der Waals surface area contributed by atoms with Gasteiger partial charge in [0.25, 0.3) is 0 Å². The number of nitrogens with zero attached hydrogens (tertiary/aromatic N) is 4. The highest BCUT2D eigenvalue weighted by Crippen LogP contribution is 2.32. The Morgan fingerprint density at radius 3 is 2.80 bits per heavy atom. The third-order valence-electron chi connectivity index (χ3n) is 3.80. The number of benzene rings is 1. The van der Waals surface area contributed by atoms with Crippen molar-refractivity contribution in [1.29, 1.82) is 0 Å². The minimum atomic E-state index is -3.31. The molecule has 0 unspecified atom stereocenters. The summed E-state index contributed by atoms with van der Waals surface area (Å²) in [4.78, 5) is 12.8. The predicted octanol–water partition coefficient (Wildman–Crippen LogP) is 2.76. The molecule has 0 saturated heterocycles. The maximum absolute atomic E-state index is 12.4. The Balaban J connectivity index is 2.05.